The zero-order chi connectivity index (χ0) is 35.0. The van der Waals surface area contributed by atoms with Crippen LogP contribution in [0.15, 0.2) is 24.3 Å². The summed E-state index contributed by atoms with van der Waals surface area (Å²) in [7, 11) is 0. The number of benzene rings is 7. The average Bonchev–Trinajstić information content (AvgIpc) is 2.99. The minimum atomic E-state index is -1.88. The first kappa shape index (κ1) is 29.5. The first-order chi connectivity index (χ1) is 22.5. The van der Waals surface area contributed by atoms with Gasteiger partial charge in [-0.3, -0.25) is 4.79 Å². The first-order valence-electron chi connectivity index (χ1n) is 13.5. The number of ketones is 1. The molecule has 0 atom stereocenters. The smallest absolute Gasteiger partial charge is 0.337 e. The van der Waals surface area contributed by atoms with Gasteiger partial charge in [0.1, 0.15) is 0 Å². The van der Waals surface area contributed by atoms with Gasteiger partial charge in [0.15, 0.2) is 5.78 Å². The van der Waals surface area contributed by atoms with Crippen LogP contribution in [0.5, 0.6) is 0 Å². The van der Waals surface area contributed by atoms with Crippen molar-refractivity contribution < 1.29 is 74.1 Å². The van der Waals surface area contributed by atoms with E-state index in [-0.39, 0.29) is 37.7 Å². The van der Waals surface area contributed by atoms with Crippen molar-refractivity contribution in [3.63, 3.8) is 0 Å². The largest absolute Gasteiger partial charge is 0.478 e. The van der Waals surface area contributed by atoms with E-state index in [1.54, 1.807) is 0 Å². The van der Waals surface area contributed by atoms with Gasteiger partial charge in [-0.25, -0.2) is 33.6 Å². The van der Waals surface area contributed by atoms with E-state index in [1.807, 2.05) is 0 Å². The number of aromatic carboxylic acids is 7. The molecule has 7 N–H and O–H groups in total. The lowest BCUT2D eigenvalue weighted by atomic mass is 9.74. The van der Waals surface area contributed by atoms with Crippen molar-refractivity contribution in [2.45, 2.75) is 6.92 Å². The van der Waals surface area contributed by atoms with Crippen molar-refractivity contribution in [3.05, 3.63) is 68.8 Å². The molecule has 0 aliphatic carbocycles. The van der Waals surface area contributed by atoms with Crippen LogP contribution in [0.4, 0.5) is 0 Å². The first-order valence-corrected chi connectivity index (χ1v) is 13.5. The highest BCUT2D eigenvalue weighted by Crippen LogP contribution is 2.54. The summed E-state index contributed by atoms with van der Waals surface area (Å²) in [4.78, 5) is 102. The maximum atomic E-state index is 13.1. The standard InChI is InChI=1S/C33H14O15/c1-6(34)7-2-8-17-19-10(22(31(43)44)21(8)30(41)42)4-13(28(37)38)16-14(29(39)40)5-11-20(26(16)19)18-9(23(32(45)46)24(11)33(47)48)3-12(27(35)36)15(7)25(17)18/h2-5H,1H3,(H,35,36)(H,37,38)(H,39,40)(H,41,42)(H,43,44)(H,45,46)(H,47,48). The van der Waals surface area contributed by atoms with Gasteiger partial charge in [0.05, 0.1) is 38.9 Å². The van der Waals surface area contributed by atoms with Crippen molar-refractivity contribution >= 4 is 112 Å². The van der Waals surface area contributed by atoms with Gasteiger partial charge in [0.25, 0.3) is 0 Å². The zero-order valence-corrected chi connectivity index (χ0v) is 23.7. The van der Waals surface area contributed by atoms with Gasteiger partial charge in [0, 0.05) is 27.1 Å². The second-order valence-corrected chi connectivity index (χ2v) is 11.1. The normalized spacial score (nSPS) is 11.9. The van der Waals surface area contributed by atoms with Gasteiger partial charge in [-0.1, -0.05) is 0 Å². The molecular formula is C33H14O15. The maximum absolute atomic E-state index is 13.1. The Labute approximate surface area is 262 Å². The van der Waals surface area contributed by atoms with Gasteiger partial charge in [-0.2, -0.15) is 0 Å². The molecule has 0 amide bonds. The molecule has 0 aliphatic rings. The highest BCUT2D eigenvalue weighted by atomic mass is 16.4. The van der Waals surface area contributed by atoms with Crippen LogP contribution in [-0.4, -0.2) is 83.3 Å². The van der Waals surface area contributed by atoms with Crippen LogP contribution in [0.2, 0.25) is 0 Å². The van der Waals surface area contributed by atoms with Crippen LogP contribution in [0.3, 0.4) is 0 Å². The van der Waals surface area contributed by atoms with Crippen LogP contribution in [0, 0.1) is 0 Å². The summed E-state index contributed by atoms with van der Waals surface area (Å²) in [5, 5.41) is 67.8. The third-order valence-corrected chi connectivity index (χ3v) is 8.81. The van der Waals surface area contributed by atoms with E-state index in [2.05, 4.69) is 0 Å². The number of carbonyl (C=O) groups is 8. The second-order valence-electron chi connectivity index (χ2n) is 11.1. The molecule has 236 valence electrons. The van der Waals surface area contributed by atoms with Crippen LogP contribution in [0.1, 0.15) is 89.8 Å². The van der Waals surface area contributed by atoms with Crippen molar-refractivity contribution in [1.82, 2.24) is 0 Å². The minimum Gasteiger partial charge on any atom is -0.478 e. The van der Waals surface area contributed by atoms with Crippen molar-refractivity contribution in [2.24, 2.45) is 0 Å². The van der Waals surface area contributed by atoms with Gasteiger partial charge >= 0.3 is 41.8 Å². The van der Waals surface area contributed by atoms with E-state index in [0.717, 1.165) is 31.2 Å². The second kappa shape index (κ2) is 9.20. The molecule has 0 unspecified atom stereocenters. The molecule has 0 aliphatic heterocycles. The molecule has 0 spiro atoms. The van der Waals surface area contributed by atoms with Crippen LogP contribution in [0.25, 0.3) is 64.6 Å². The van der Waals surface area contributed by atoms with Gasteiger partial charge < -0.3 is 35.7 Å². The number of carboxylic acid groups (broad SMARTS) is 7. The summed E-state index contributed by atoms with van der Waals surface area (Å²) in [6.45, 7) is 1.03. The van der Waals surface area contributed by atoms with Crippen LogP contribution < -0.4 is 0 Å². The molecule has 15 nitrogen and oxygen atoms in total. The SMILES string of the molecule is CC(=O)c1cc2c(C(=O)O)c(C(=O)O)c3cc(C(=O)O)c4c(C(=O)O)cc5c(C(=O)O)c(C(=O)O)c6cc(C(=O)O)c1c1c2c3c4c5c61. The summed E-state index contributed by atoms with van der Waals surface area (Å²) in [6.07, 6.45) is 0. The van der Waals surface area contributed by atoms with Crippen molar-refractivity contribution in [1.29, 1.82) is 0 Å². The molecule has 0 radical (unpaired) electrons. The lowest BCUT2D eigenvalue weighted by Gasteiger charge is -2.27. The molecule has 15 heteroatoms. The lowest BCUT2D eigenvalue weighted by Crippen LogP contribution is -2.16. The number of rotatable bonds is 8. The highest BCUT2D eigenvalue weighted by molar-refractivity contribution is 6.51. The number of hydrogen-bond acceptors (Lipinski definition) is 8. The predicted octanol–water partition coefficient (Wildman–Crippen LogP) is 5.01. The monoisotopic (exact) mass is 650 g/mol. The Balaban J connectivity index is 2.12. The Morgan fingerprint density at radius 1 is 0.333 bits per heavy atom. The van der Waals surface area contributed by atoms with E-state index in [4.69, 9.17) is 0 Å². The van der Waals surface area contributed by atoms with Gasteiger partial charge in [0.2, 0.25) is 0 Å². The summed E-state index contributed by atoms with van der Waals surface area (Å²) < 4.78 is 0. The fraction of sp³-hybridized carbons (Fsp3) is 0.0303. The molecule has 0 saturated carbocycles. The molecule has 7 aromatic rings. The molecule has 0 heterocycles. The molecular weight excluding hydrogens is 636 g/mol. The zero-order valence-electron chi connectivity index (χ0n) is 23.7. The average molecular weight is 650 g/mol. The van der Waals surface area contributed by atoms with Crippen molar-refractivity contribution in [2.75, 3.05) is 0 Å². The van der Waals surface area contributed by atoms with Crippen LogP contribution in [-0.2, 0) is 0 Å². The van der Waals surface area contributed by atoms with E-state index >= 15 is 0 Å². The fourth-order valence-electron chi connectivity index (χ4n) is 7.31. The van der Waals surface area contributed by atoms with E-state index in [9.17, 15) is 74.1 Å². The lowest BCUT2D eigenvalue weighted by molar-refractivity contribution is 0.0655. The quantitative estimate of drug-likeness (QED) is 0.0646. The minimum absolute atomic E-state index is 0.238. The Morgan fingerprint density at radius 2 is 0.562 bits per heavy atom. The van der Waals surface area contributed by atoms with E-state index < -0.39 is 119 Å². The predicted molar refractivity (Wildman–Crippen MR) is 164 cm³/mol. The maximum Gasteiger partial charge on any atom is 0.337 e. The number of carboxylic acids is 7. The fourth-order valence-corrected chi connectivity index (χ4v) is 7.31. The number of carbonyl (C=O) groups excluding carboxylic acids is 1. The summed E-state index contributed by atoms with van der Waals surface area (Å²) in [5.41, 5.74) is -6.51. The summed E-state index contributed by atoms with van der Waals surface area (Å²) in [6, 6.07) is 3.34. The van der Waals surface area contributed by atoms with Crippen LogP contribution >= 0.6 is 0 Å². The molecule has 0 saturated heterocycles. The molecule has 7 aromatic carbocycles. The molecule has 7 rings (SSSR count). The Kier molecular flexibility index (Phi) is 5.66. The third-order valence-electron chi connectivity index (χ3n) is 8.81. The highest BCUT2D eigenvalue weighted by Gasteiger charge is 2.37. The third kappa shape index (κ3) is 3.35. The van der Waals surface area contributed by atoms with Gasteiger partial charge in [-0.05, 0) is 74.3 Å². The Morgan fingerprint density at radius 3 is 0.771 bits per heavy atom. The summed E-state index contributed by atoms with van der Waals surface area (Å²) in [5.74, 6) is -13.5. The molecule has 0 fully saturated rings. The topological polar surface area (TPSA) is 278 Å². The Bertz CT molecular complexity index is 2410. The summed E-state index contributed by atoms with van der Waals surface area (Å²) >= 11 is 0. The Hall–Kier alpha value is -7.16. The van der Waals surface area contributed by atoms with E-state index in [0.29, 0.717) is 0 Å². The van der Waals surface area contributed by atoms with Crippen molar-refractivity contribution in [3.8, 4) is 0 Å². The number of Topliss-reactive ketones (excluding diaryl/α,β-unsaturated/α-hetero) is 1. The number of hydrogen-bond donors (Lipinski definition) is 7. The molecule has 0 aromatic heterocycles. The van der Waals surface area contributed by atoms with Gasteiger partial charge in [-0.15, -0.1) is 0 Å². The molecule has 0 bridgehead atoms. The van der Waals surface area contributed by atoms with E-state index in [1.165, 1.54) is 0 Å². The molecule has 48 heavy (non-hydrogen) atoms.